The number of hydrogen-bond donors (Lipinski definition) is 1. The number of anilines is 1. The minimum absolute atomic E-state index is 0.246. The van der Waals surface area contributed by atoms with E-state index in [4.69, 9.17) is 20.9 Å². The Morgan fingerprint density at radius 1 is 1.03 bits per heavy atom. The number of hydrogen-bond acceptors (Lipinski definition) is 6. The molecule has 2 aliphatic heterocycles. The van der Waals surface area contributed by atoms with E-state index in [2.05, 4.69) is 20.3 Å². The molecule has 1 saturated carbocycles. The first kappa shape index (κ1) is 23.9. The highest BCUT2D eigenvalue weighted by atomic mass is 35.5. The predicted octanol–water partition coefficient (Wildman–Crippen LogP) is 4.49. The van der Waals surface area contributed by atoms with Crippen molar-refractivity contribution in [2.45, 2.75) is 57.4 Å². The average Bonchev–Trinajstić information content (AvgIpc) is 3.27. The van der Waals surface area contributed by atoms with Gasteiger partial charge in [0.25, 0.3) is 0 Å². The highest BCUT2D eigenvalue weighted by Gasteiger charge is 2.26. The van der Waals surface area contributed by atoms with Crippen LogP contribution in [0.1, 0.15) is 51.4 Å². The summed E-state index contributed by atoms with van der Waals surface area (Å²) in [5.41, 5.74) is 0.750. The van der Waals surface area contributed by atoms with Crippen LogP contribution < -0.4 is 10.2 Å². The summed E-state index contributed by atoms with van der Waals surface area (Å²) < 4.78 is 10.9. The van der Waals surface area contributed by atoms with Crippen LogP contribution in [0.3, 0.4) is 0 Å². The Balaban J connectivity index is 0.992. The summed E-state index contributed by atoms with van der Waals surface area (Å²) in [7, 11) is 0. The largest absolute Gasteiger partial charge is 0.381 e. The average molecular weight is 489 g/mol. The lowest BCUT2D eigenvalue weighted by molar-refractivity contribution is -0.123. The van der Waals surface area contributed by atoms with Crippen molar-refractivity contribution < 1.29 is 14.1 Å². The molecule has 3 fully saturated rings. The summed E-state index contributed by atoms with van der Waals surface area (Å²) in [6, 6.07) is 6.10. The van der Waals surface area contributed by atoms with Crippen LogP contribution in [0.15, 0.2) is 22.7 Å². The molecule has 0 bridgehead atoms. The summed E-state index contributed by atoms with van der Waals surface area (Å²) in [5.74, 6) is 2.47. The van der Waals surface area contributed by atoms with Crippen molar-refractivity contribution in [3.05, 3.63) is 23.2 Å². The molecule has 1 amide bonds. The maximum Gasteiger partial charge on any atom is 0.220 e. The zero-order chi connectivity index (χ0) is 23.3. The highest BCUT2D eigenvalue weighted by molar-refractivity contribution is 6.31. The number of carbonyl (C=O) groups is 1. The molecule has 8 heteroatoms. The molecule has 7 nitrogen and oxygen atoms in total. The standard InChI is InChI=1S/C26H37ClN4O3/c27-21-3-6-23-24(18-21)34-29-26(23)31-13-11-30(12-14-31)10-7-19-1-4-22(5-2-19)28-25(32)17-20-8-15-33-16-9-20/h3,6,18-20,22H,1-2,4-5,7-17H2,(H,28,32)/t19-,22-. The molecule has 2 aromatic rings. The maximum absolute atomic E-state index is 12.4. The van der Waals surface area contributed by atoms with Gasteiger partial charge in [-0.05, 0) is 75.5 Å². The van der Waals surface area contributed by atoms with Crippen LogP contribution in [0.4, 0.5) is 5.82 Å². The fourth-order valence-electron chi connectivity index (χ4n) is 5.77. The monoisotopic (exact) mass is 488 g/mol. The zero-order valence-electron chi connectivity index (χ0n) is 20.0. The number of rotatable bonds is 7. The number of nitrogens with one attached hydrogen (secondary N) is 1. The Bertz CT molecular complexity index is 945. The van der Waals surface area contributed by atoms with Gasteiger partial charge in [-0.15, -0.1) is 0 Å². The molecule has 1 N–H and O–H groups in total. The molecule has 34 heavy (non-hydrogen) atoms. The lowest BCUT2D eigenvalue weighted by atomic mass is 9.83. The minimum atomic E-state index is 0.246. The van der Waals surface area contributed by atoms with E-state index < -0.39 is 0 Å². The third-order valence-corrected chi connectivity index (χ3v) is 8.20. The molecule has 3 heterocycles. The summed E-state index contributed by atoms with van der Waals surface area (Å²) >= 11 is 6.07. The molecular weight excluding hydrogens is 452 g/mol. The van der Waals surface area contributed by atoms with Crippen molar-refractivity contribution in [3.8, 4) is 0 Å². The Morgan fingerprint density at radius 3 is 2.56 bits per heavy atom. The van der Waals surface area contributed by atoms with Crippen molar-refractivity contribution in [3.63, 3.8) is 0 Å². The van der Waals surface area contributed by atoms with E-state index in [0.29, 0.717) is 23.4 Å². The maximum atomic E-state index is 12.4. The molecule has 0 unspecified atom stereocenters. The highest BCUT2D eigenvalue weighted by Crippen LogP contribution is 2.30. The second-order valence-electron chi connectivity index (χ2n) is 10.3. The first-order valence-corrected chi connectivity index (χ1v) is 13.4. The number of halogens is 1. The summed E-state index contributed by atoms with van der Waals surface area (Å²) in [5, 5.41) is 9.32. The van der Waals surface area contributed by atoms with E-state index in [1.807, 2.05) is 18.2 Å². The van der Waals surface area contributed by atoms with Crippen molar-refractivity contribution in [1.82, 2.24) is 15.4 Å². The van der Waals surface area contributed by atoms with E-state index in [1.165, 1.54) is 19.3 Å². The lowest BCUT2D eigenvalue weighted by Crippen LogP contribution is -2.47. The number of benzene rings is 1. The van der Waals surface area contributed by atoms with Gasteiger partial charge >= 0.3 is 0 Å². The van der Waals surface area contributed by atoms with E-state index in [-0.39, 0.29) is 5.91 Å². The SMILES string of the molecule is O=C(CC1CCOCC1)N[C@H]1CC[C@H](CCN2CCN(c3noc4cc(Cl)ccc34)CC2)CC1. The number of fused-ring (bicyclic) bond motifs is 1. The Hall–Kier alpha value is -1.83. The second-order valence-corrected chi connectivity index (χ2v) is 10.7. The van der Waals surface area contributed by atoms with E-state index in [0.717, 1.165) is 94.3 Å². The Kier molecular flexibility index (Phi) is 7.92. The quantitative estimate of drug-likeness (QED) is 0.619. The van der Waals surface area contributed by atoms with Crippen LogP contribution in [0.5, 0.6) is 0 Å². The number of piperazine rings is 1. The topological polar surface area (TPSA) is 70.8 Å². The fraction of sp³-hybridized carbons (Fsp3) is 0.692. The molecule has 186 valence electrons. The van der Waals surface area contributed by atoms with E-state index >= 15 is 0 Å². The van der Waals surface area contributed by atoms with Gasteiger partial charge in [-0.2, -0.15) is 0 Å². The molecule has 0 spiro atoms. The number of carbonyl (C=O) groups excluding carboxylic acids is 1. The van der Waals surface area contributed by atoms with Gasteiger partial charge in [-0.25, -0.2) is 0 Å². The van der Waals surface area contributed by atoms with Crippen LogP contribution >= 0.6 is 11.6 Å². The molecule has 0 radical (unpaired) electrons. The third-order valence-electron chi connectivity index (χ3n) is 7.97. The molecule has 1 aromatic heterocycles. The number of amides is 1. The van der Waals surface area contributed by atoms with Crippen molar-refractivity contribution in [2.24, 2.45) is 11.8 Å². The van der Waals surface area contributed by atoms with Gasteiger partial charge in [0.2, 0.25) is 5.91 Å². The Morgan fingerprint density at radius 2 is 1.79 bits per heavy atom. The van der Waals surface area contributed by atoms with Crippen molar-refractivity contribution >= 4 is 34.3 Å². The van der Waals surface area contributed by atoms with Crippen LogP contribution in [0.25, 0.3) is 11.0 Å². The summed E-state index contributed by atoms with van der Waals surface area (Å²) in [4.78, 5) is 17.3. The fourth-order valence-corrected chi connectivity index (χ4v) is 5.93. The number of aromatic nitrogens is 1. The van der Waals surface area contributed by atoms with E-state index in [9.17, 15) is 4.79 Å². The van der Waals surface area contributed by atoms with Crippen LogP contribution in [-0.2, 0) is 9.53 Å². The molecule has 5 rings (SSSR count). The smallest absolute Gasteiger partial charge is 0.220 e. The van der Waals surface area contributed by atoms with Crippen LogP contribution in [0, 0.1) is 11.8 Å². The molecule has 2 saturated heterocycles. The molecule has 1 aliphatic carbocycles. The van der Waals surface area contributed by atoms with Gasteiger partial charge in [-0.3, -0.25) is 9.69 Å². The predicted molar refractivity (Wildman–Crippen MR) is 134 cm³/mol. The first-order valence-electron chi connectivity index (χ1n) is 13.0. The van der Waals surface area contributed by atoms with Crippen LogP contribution in [-0.4, -0.2) is 67.9 Å². The summed E-state index contributed by atoms with van der Waals surface area (Å²) in [6.07, 6.45) is 8.70. The van der Waals surface area contributed by atoms with Gasteiger partial charge < -0.3 is 19.5 Å². The second kappa shape index (κ2) is 11.3. The zero-order valence-corrected chi connectivity index (χ0v) is 20.8. The lowest BCUT2D eigenvalue weighted by Gasteiger charge is -2.36. The number of ether oxygens (including phenoxy) is 1. The van der Waals surface area contributed by atoms with Gasteiger partial charge in [0.1, 0.15) is 0 Å². The molecule has 1 aromatic carbocycles. The van der Waals surface area contributed by atoms with Gasteiger partial charge in [0.05, 0.1) is 5.39 Å². The van der Waals surface area contributed by atoms with Gasteiger partial charge in [-0.1, -0.05) is 16.8 Å². The van der Waals surface area contributed by atoms with E-state index in [1.54, 1.807) is 0 Å². The van der Waals surface area contributed by atoms with Gasteiger partial charge in [0.15, 0.2) is 11.4 Å². The Labute approximate surface area is 207 Å². The molecule has 3 aliphatic rings. The summed E-state index contributed by atoms with van der Waals surface area (Å²) in [6.45, 7) is 6.83. The van der Waals surface area contributed by atoms with Crippen molar-refractivity contribution in [2.75, 3.05) is 50.8 Å². The molecular formula is C26H37ClN4O3. The minimum Gasteiger partial charge on any atom is -0.381 e. The molecule has 0 atom stereocenters. The van der Waals surface area contributed by atoms with Gasteiger partial charge in [0, 0.05) is 62.9 Å². The number of nitrogens with zero attached hydrogens (tertiary/aromatic N) is 3. The first-order chi connectivity index (χ1) is 16.6. The van der Waals surface area contributed by atoms with Crippen molar-refractivity contribution in [1.29, 1.82) is 0 Å². The van der Waals surface area contributed by atoms with Crippen LogP contribution in [0.2, 0.25) is 5.02 Å². The normalized spacial score (nSPS) is 25.0. The third kappa shape index (κ3) is 6.04.